The Morgan fingerprint density at radius 2 is 1.91 bits per heavy atom. The van der Waals surface area contributed by atoms with Gasteiger partial charge in [0.1, 0.15) is 0 Å². The number of benzene rings is 1. The SMILES string of the molecule is O=C(CCNCc1ccncc1)N1CCc2ccccc2C1. The van der Waals surface area contributed by atoms with Crippen molar-refractivity contribution in [2.45, 2.75) is 25.9 Å². The molecule has 1 aliphatic heterocycles. The number of carbonyl (C=O) groups excluding carboxylic acids is 1. The van der Waals surface area contributed by atoms with Gasteiger partial charge in [0, 0.05) is 45.0 Å². The molecular formula is C18H21N3O. The zero-order valence-electron chi connectivity index (χ0n) is 12.7. The van der Waals surface area contributed by atoms with Gasteiger partial charge in [0.25, 0.3) is 0 Å². The van der Waals surface area contributed by atoms with Crippen molar-refractivity contribution >= 4 is 5.91 Å². The molecule has 1 amide bonds. The van der Waals surface area contributed by atoms with Gasteiger partial charge in [-0.3, -0.25) is 9.78 Å². The van der Waals surface area contributed by atoms with Gasteiger partial charge in [-0.2, -0.15) is 0 Å². The van der Waals surface area contributed by atoms with E-state index in [2.05, 4.69) is 28.5 Å². The Morgan fingerprint density at radius 1 is 1.14 bits per heavy atom. The molecule has 0 aliphatic carbocycles. The smallest absolute Gasteiger partial charge is 0.224 e. The molecule has 4 heteroatoms. The summed E-state index contributed by atoms with van der Waals surface area (Å²) in [6, 6.07) is 12.4. The van der Waals surface area contributed by atoms with Gasteiger partial charge in [-0.25, -0.2) is 0 Å². The number of rotatable bonds is 5. The van der Waals surface area contributed by atoms with E-state index in [1.165, 1.54) is 16.7 Å². The number of carbonyl (C=O) groups is 1. The van der Waals surface area contributed by atoms with Crippen LogP contribution in [0.4, 0.5) is 0 Å². The molecule has 0 saturated carbocycles. The van der Waals surface area contributed by atoms with E-state index in [0.29, 0.717) is 13.0 Å². The monoisotopic (exact) mass is 295 g/mol. The molecule has 1 N–H and O–H groups in total. The van der Waals surface area contributed by atoms with Crippen LogP contribution in [0, 0.1) is 0 Å². The Kier molecular flexibility index (Phi) is 4.81. The lowest BCUT2D eigenvalue weighted by molar-refractivity contribution is -0.132. The van der Waals surface area contributed by atoms with Crippen LogP contribution >= 0.6 is 0 Å². The lowest BCUT2D eigenvalue weighted by Gasteiger charge is -2.29. The summed E-state index contributed by atoms with van der Waals surface area (Å²) in [6.45, 7) is 3.07. The van der Waals surface area contributed by atoms with E-state index in [1.807, 2.05) is 23.1 Å². The quantitative estimate of drug-likeness (QED) is 0.860. The second kappa shape index (κ2) is 7.18. The molecule has 0 saturated heterocycles. The highest BCUT2D eigenvalue weighted by atomic mass is 16.2. The summed E-state index contributed by atoms with van der Waals surface area (Å²) >= 11 is 0. The van der Waals surface area contributed by atoms with E-state index in [1.54, 1.807) is 12.4 Å². The topological polar surface area (TPSA) is 45.2 Å². The third kappa shape index (κ3) is 3.71. The van der Waals surface area contributed by atoms with Gasteiger partial charge in [-0.05, 0) is 35.2 Å². The highest BCUT2D eigenvalue weighted by molar-refractivity contribution is 5.76. The maximum Gasteiger partial charge on any atom is 0.224 e. The Hall–Kier alpha value is -2.20. The van der Waals surface area contributed by atoms with E-state index in [-0.39, 0.29) is 5.91 Å². The summed E-state index contributed by atoms with van der Waals surface area (Å²) in [6.07, 6.45) is 5.08. The van der Waals surface area contributed by atoms with Crippen LogP contribution in [-0.4, -0.2) is 28.9 Å². The van der Waals surface area contributed by atoms with Crippen LogP contribution in [0.2, 0.25) is 0 Å². The summed E-state index contributed by atoms with van der Waals surface area (Å²) in [5.41, 5.74) is 3.85. The number of amides is 1. The summed E-state index contributed by atoms with van der Waals surface area (Å²) in [4.78, 5) is 18.3. The van der Waals surface area contributed by atoms with Crippen molar-refractivity contribution in [1.82, 2.24) is 15.2 Å². The maximum atomic E-state index is 12.3. The van der Waals surface area contributed by atoms with Crippen LogP contribution in [0.25, 0.3) is 0 Å². The molecule has 0 spiro atoms. The number of hydrogen-bond acceptors (Lipinski definition) is 3. The lowest BCUT2D eigenvalue weighted by atomic mass is 10.00. The molecule has 0 bridgehead atoms. The van der Waals surface area contributed by atoms with Gasteiger partial charge >= 0.3 is 0 Å². The van der Waals surface area contributed by atoms with Gasteiger partial charge < -0.3 is 10.2 Å². The first-order valence-corrected chi connectivity index (χ1v) is 7.77. The molecule has 0 radical (unpaired) electrons. The predicted molar refractivity (Wildman–Crippen MR) is 86.1 cm³/mol. The van der Waals surface area contributed by atoms with Crippen molar-refractivity contribution in [3.05, 3.63) is 65.5 Å². The highest BCUT2D eigenvalue weighted by Gasteiger charge is 2.19. The molecule has 0 fully saturated rings. The second-order valence-electron chi connectivity index (χ2n) is 5.62. The number of nitrogens with zero attached hydrogens (tertiary/aromatic N) is 2. The van der Waals surface area contributed by atoms with Crippen molar-refractivity contribution < 1.29 is 4.79 Å². The van der Waals surface area contributed by atoms with Gasteiger partial charge in [0.15, 0.2) is 0 Å². The number of aromatic nitrogens is 1. The normalized spacial score (nSPS) is 13.7. The van der Waals surface area contributed by atoms with E-state index in [4.69, 9.17) is 0 Å². The largest absolute Gasteiger partial charge is 0.338 e. The van der Waals surface area contributed by atoms with Crippen LogP contribution in [0.1, 0.15) is 23.1 Å². The van der Waals surface area contributed by atoms with Gasteiger partial charge in [-0.15, -0.1) is 0 Å². The van der Waals surface area contributed by atoms with Crippen molar-refractivity contribution in [3.63, 3.8) is 0 Å². The third-order valence-corrected chi connectivity index (χ3v) is 4.08. The van der Waals surface area contributed by atoms with Gasteiger partial charge in [-0.1, -0.05) is 24.3 Å². The Morgan fingerprint density at radius 3 is 2.73 bits per heavy atom. The molecule has 1 aromatic carbocycles. The van der Waals surface area contributed by atoms with Crippen molar-refractivity contribution in [2.75, 3.05) is 13.1 Å². The molecule has 1 aliphatic rings. The van der Waals surface area contributed by atoms with Crippen molar-refractivity contribution in [1.29, 1.82) is 0 Å². The molecular weight excluding hydrogens is 274 g/mol. The summed E-state index contributed by atoms with van der Waals surface area (Å²) in [5, 5.41) is 3.32. The molecule has 114 valence electrons. The van der Waals surface area contributed by atoms with Crippen LogP contribution in [0.15, 0.2) is 48.8 Å². The Bertz CT molecular complexity index is 627. The highest BCUT2D eigenvalue weighted by Crippen LogP contribution is 2.18. The zero-order chi connectivity index (χ0) is 15.2. The van der Waals surface area contributed by atoms with Crippen molar-refractivity contribution in [3.8, 4) is 0 Å². The van der Waals surface area contributed by atoms with Crippen LogP contribution in [0.5, 0.6) is 0 Å². The maximum absolute atomic E-state index is 12.3. The minimum atomic E-state index is 0.233. The molecule has 4 nitrogen and oxygen atoms in total. The fraction of sp³-hybridized carbons (Fsp3) is 0.333. The summed E-state index contributed by atoms with van der Waals surface area (Å²) in [5.74, 6) is 0.233. The third-order valence-electron chi connectivity index (χ3n) is 4.08. The van der Waals surface area contributed by atoms with Crippen LogP contribution < -0.4 is 5.32 Å². The van der Waals surface area contributed by atoms with Crippen LogP contribution in [0.3, 0.4) is 0 Å². The molecule has 1 aromatic heterocycles. The number of nitrogens with one attached hydrogen (secondary N) is 1. The van der Waals surface area contributed by atoms with Gasteiger partial charge in [0.05, 0.1) is 0 Å². The summed E-state index contributed by atoms with van der Waals surface area (Å²) in [7, 11) is 0. The number of hydrogen-bond donors (Lipinski definition) is 1. The minimum absolute atomic E-state index is 0.233. The Labute approximate surface area is 131 Å². The molecule has 2 heterocycles. The lowest BCUT2D eigenvalue weighted by Crippen LogP contribution is -2.37. The average molecular weight is 295 g/mol. The predicted octanol–water partition coefficient (Wildman–Crippen LogP) is 2.15. The zero-order valence-corrected chi connectivity index (χ0v) is 12.7. The second-order valence-corrected chi connectivity index (χ2v) is 5.62. The first-order valence-electron chi connectivity index (χ1n) is 7.77. The summed E-state index contributed by atoms with van der Waals surface area (Å²) < 4.78 is 0. The molecule has 2 aromatic rings. The Balaban J connectivity index is 1.43. The van der Waals surface area contributed by atoms with Crippen molar-refractivity contribution in [2.24, 2.45) is 0 Å². The first-order chi connectivity index (χ1) is 10.8. The fourth-order valence-electron chi connectivity index (χ4n) is 2.80. The number of pyridine rings is 1. The van der Waals surface area contributed by atoms with E-state index >= 15 is 0 Å². The fourth-order valence-corrected chi connectivity index (χ4v) is 2.80. The first kappa shape index (κ1) is 14.7. The van der Waals surface area contributed by atoms with Crippen LogP contribution in [-0.2, 0) is 24.3 Å². The molecule has 0 unspecified atom stereocenters. The van der Waals surface area contributed by atoms with E-state index < -0.39 is 0 Å². The minimum Gasteiger partial charge on any atom is -0.338 e. The molecule has 3 rings (SSSR count). The standard InChI is InChI=1S/C18H21N3O/c22-18(7-11-20-13-15-5-9-19-10-6-15)21-12-8-16-3-1-2-4-17(16)14-21/h1-6,9-10,20H,7-8,11-14H2. The number of fused-ring (bicyclic) bond motifs is 1. The molecule has 22 heavy (non-hydrogen) atoms. The van der Waals surface area contributed by atoms with E-state index in [0.717, 1.165) is 26.1 Å². The van der Waals surface area contributed by atoms with E-state index in [9.17, 15) is 4.79 Å². The van der Waals surface area contributed by atoms with Gasteiger partial charge in [0.2, 0.25) is 5.91 Å². The average Bonchev–Trinajstić information content (AvgIpc) is 2.59. The molecule has 0 atom stereocenters.